The van der Waals surface area contributed by atoms with Gasteiger partial charge in [-0.3, -0.25) is 14.9 Å². The summed E-state index contributed by atoms with van der Waals surface area (Å²) in [6, 6.07) is 4.18. The zero-order valence-corrected chi connectivity index (χ0v) is 10.7. The Bertz CT molecular complexity index is 457. The summed E-state index contributed by atoms with van der Waals surface area (Å²) in [4.78, 5) is 24.1. The molecule has 0 saturated heterocycles. The summed E-state index contributed by atoms with van der Waals surface area (Å²) in [5.74, 6) is 0.183. The molecule has 0 aromatic heterocycles. The molecule has 0 aliphatic rings. The first-order valence-electron chi connectivity index (χ1n) is 5.46. The van der Waals surface area contributed by atoms with Gasteiger partial charge in [-0.15, -0.1) is 0 Å². The molecule has 18 heavy (non-hydrogen) atoms. The predicted molar refractivity (Wildman–Crippen MR) is 67.1 cm³/mol. The fourth-order valence-electron chi connectivity index (χ4n) is 1.48. The molecule has 0 N–H and O–H groups in total. The number of carbonyl (C=O) groups is 1. The number of ether oxygens (including phenoxy) is 1. The van der Waals surface area contributed by atoms with Gasteiger partial charge in [-0.1, -0.05) is 0 Å². The van der Waals surface area contributed by atoms with Crippen molar-refractivity contribution in [1.82, 2.24) is 4.90 Å². The molecule has 0 atom stereocenters. The highest BCUT2D eigenvalue weighted by Gasteiger charge is 2.20. The molecule has 0 bridgehead atoms. The number of nitrogens with zero attached hydrogens (tertiary/aromatic N) is 2. The molecule has 1 aromatic carbocycles. The van der Waals surface area contributed by atoms with E-state index in [0.717, 1.165) is 0 Å². The van der Waals surface area contributed by atoms with Gasteiger partial charge in [-0.25, -0.2) is 0 Å². The minimum Gasteiger partial charge on any atom is -0.497 e. The summed E-state index contributed by atoms with van der Waals surface area (Å²) in [7, 11) is 5.13. The van der Waals surface area contributed by atoms with E-state index >= 15 is 0 Å². The third kappa shape index (κ3) is 3.53. The van der Waals surface area contributed by atoms with Crippen LogP contribution in [-0.2, 0) is 0 Å². The Labute approximate surface area is 105 Å². The van der Waals surface area contributed by atoms with Crippen molar-refractivity contribution in [2.45, 2.75) is 6.42 Å². The standard InChI is InChI=1S/C12H16N2O4/c1-13(2)7-6-12(15)10-8-9(18-3)4-5-11(10)14(16)17/h4-5,8H,6-7H2,1-3H3. The van der Waals surface area contributed by atoms with Crippen molar-refractivity contribution in [2.75, 3.05) is 27.7 Å². The maximum absolute atomic E-state index is 12.0. The first-order valence-corrected chi connectivity index (χ1v) is 5.46. The lowest BCUT2D eigenvalue weighted by Crippen LogP contribution is -2.17. The van der Waals surface area contributed by atoms with Crippen LogP contribution in [0.15, 0.2) is 18.2 Å². The van der Waals surface area contributed by atoms with Crippen LogP contribution in [-0.4, -0.2) is 43.4 Å². The van der Waals surface area contributed by atoms with Crippen molar-refractivity contribution >= 4 is 11.5 Å². The lowest BCUT2D eigenvalue weighted by molar-refractivity contribution is -0.385. The van der Waals surface area contributed by atoms with Crippen LogP contribution in [0.25, 0.3) is 0 Å². The predicted octanol–water partition coefficient (Wildman–Crippen LogP) is 1.74. The van der Waals surface area contributed by atoms with E-state index in [-0.39, 0.29) is 23.5 Å². The zero-order chi connectivity index (χ0) is 13.7. The Morgan fingerprint density at radius 1 is 1.44 bits per heavy atom. The van der Waals surface area contributed by atoms with Gasteiger partial charge in [0.05, 0.1) is 17.6 Å². The fraction of sp³-hybridized carbons (Fsp3) is 0.417. The van der Waals surface area contributed by atoms with Gasteiger partial charge in [0.15, 0.2) is 5.78 Å². The molecule has 98 valence electrons. The van der Waals surface area contributed by atoms with Crippen LogP contribution in [0.1, 0.15) is 16.8 Å². The molecule has 0 spiro atoms. The lowest BCUT2D eigenvalue weighted by atomic mass is 10.1. The molecule has 1 rings (SSSR count). The van der Waals surface area contributed by atoms with E-state index in [9.17, 15) is 14.9 Å². The summed E-state index contributed by atoms with van der Waals surface area (Å²) in [6.07, 6.45) is 0.237. The second-order valence-corrected chi connectivity index (χ2v) is 4.12. The summed E-state index contributed by atoms with van der Waals surface area (Å²) in [5, 5.41) is 10.9. The van der Waals surface area contributed by atoms with Gasteiger partial charge in [0.1, 0.15) is 5.75 Å². The molecule has 0 aliphatic carbocycles. The number of benzene rings is 1. The molecule has 6 heteroatoms. The van der Waals surface area contributed by atoms with Crippen molar-refractivity contribution in [3.05, 3.63) is 33.9 Å². The van der Waals surface area contributed by atoms with Crippen LogP contribution in [0, 0.1) is 10.1 Å². The van der Waals surface area contributed by atoms with Crippen LogP contribution < -0.4 is 4.74 Å². The first-order chi connectivity index (χ1) is 8.45. The van der Waals surface area contributed by atoms with E-state index in [2.05, 4.69) is 0 Å². The van der Waals surface area contributed by atoms with Gasteiger partial charge in [-0.05, 0) is 26.2 Å². The summed E-state index contributed by atoms with van der Waals surface area (Å²) in [6.45, 7) is 0.549. The number of ketones is 1. The Morgan fingerprint density at radius 3 is 2.61 bits per heavy atom. The van der Waals surface area contributed by atoms with Crippen LogP contribution in [0.3, 0.4) is 0 Å². The number of nitro groups is 1. The Balaban J connectivity index is 3.03. The highest BCUT2D eigenvalue weighted by atomic mass is 16.6. The molecule has 0 unspecified atom stereocenters. The molecule has 1 aromatic rings. The highest BCUT2D eigenvalue weighted by Crippen LogP contribution is 2.25. The normalized spacial score (nSPS) is 10.4. The largest absolute Gasteiger partial charge is 0.497 e. The van der Waals surface area contributed by atoms with Crippen LogP contribution in [0.2, 0.25) is 0 Å². The minimum atomic E-state index is -0.553. The maximum atomic E-state index is 12.0. The fourth-order valence-corrected chi connectivity index (χ4v) is 1.48. The average molecular weight is 252 g/mol. The second kappa shape index (κ2) is 6.11. The van der Waals surface area contributed by atoms with E-state index in [0.29, 0.717) is 12.3 Å². The van der Waals surface area contributed by atoms with Gasteiger partial charge in [0, 0.05) is 19.0 Å². The average Bonchev–Trinajstić information content (AvgIpc) is 2.34. The van der Waals surface area contributed by atoms with Crippen LogP contribution in [0.5, 0.6) is 5.75 Å². The smallest absolute Gasteiger partial charge is 0.280 e. The van der Waals surface area contributed by atoms with Crippen LogP contribution >= 0.6 is 0 Å². The van der Waals surface area contributed by atoms with E-state index in [1.165, 1.54) is 25.3 Å². The van der Waals surface area contributed by atoms with Gasteiger partial charge < -0.3 is 9.64 Å². The van der Waals surface area contributed by atoms with Crippen molar-refractivity contribution in [3.8, 4) is 5.75 Å². The third-order valence-corrected chi connectivity index (χ3v) is 2.49. The Hall–Kier alpha value is -1.95. The molecule has 0 fully saturated rings. The SMILES string of the molecule is COc1ccc([N+](=O)[O-])c(C(=O)CCN(C)C)c1. The number of carbonyl (C=O) groups excluding carboxylic acids is 1. The molecule has 6 nitrogen and oxygen atoms in total. The van der Waals surface area contributed by atoms with E-state index in [1.807, 2.05) is 19.0 Å². The number of Topliss-reactive ketones (excluding diaryl/α,β-unsaturated/α-hetero) is 1. The molecule has 0 radical (unpaired) electrons. The van der Waals surface area contributed by atoms with E-state index in [1.54, 1.807) is 0 Å². The first kappa shape index (κ1) is 14.1. The van der Waals surface area contributed by atoms with Gasteiger partial charge in [-0.2, -0.15) is 0 Å². The van der Waals surface area contributed by atoms with Crippen molar-refractivity contribution in [1.29, 1.82) is 0 Å². The summed E-state index contributed by atoms with van der Waals surface area (Å²) in [5.41, 5.74) is -0.0826. The topological polar surface area (TPSA) is 72.7 Å². The minimum absolute atomic E-state index is 0.0983. The number of nitro benzene ring substituents is 1. The number of rotatable bonds is 6. The van der Waals surface area contributed by atoms with E-state index in [4.69, 9.17) is 4.74 Å². The molecule has 0 amide bonds. The number of hydrogen-bond donors (Lipinski definition) is 0. The van der Waals surface area contributed by atoms with E-state index < -0.39 is 4.92 Å². The quantitative estimate of drug-likeness (QED) is 0.438. The van der Waals surface area contributed by atoms with Crippen molar-refractivity contribution in [3.63, 3.8) is 0 Å². The van der Waals surface area contributed by atoms with Gasteiger partial charge in [0.25, 0.3) is 5.69 Å². The van der Waals surface area contributed by atoms with Crippen molar-refractivity contribution < 1.29 is 14.5 Å². The zero-order valence-electron chi connectivity index (χ0n) is 10.7. The maximum Gasteiger partial charge on any atom is 0.280 e. The summed E-state index contributed by atoms with van der Waals surface area (Å²) >= 11 is 0. The van der Waals surface area contributed by atoms with Gasteiger partial charge >= 0.3 is 0 Å². The Morgan fingerprint density at radius 2 is 2.11 bits per heavy atom. The lowest BCUT2D eigenvalue weighted by Gasteiger charge is -2.09. The molecular formula is C12H16N2O4. The molecule has 0 aliphatic heterocycles. The molecule has 0 saturated carbocycles. The molecule has 0 heterocycles. The number of methoxy groups -OCH3 is 1. The third-order valence-electron chi connectivity index (χ3n) is 2.49. The van der Waals surface area contributed by atoms with Crippen molar-refractivity contribution in [2.24, 2.45) is 0 Å². The van der Waals surface area contributed by atoms with Crippen LogP contribution in [0.4, 0.5) is 5.69 Å². The monoisotopic (exact) mass is 252 g/mol. The Kier molecular flexibility index (Phi) is 4.79. The number of hydrogen-bond acceptors (Lipinski definition) is 5. The molecular weight excluding hydrogens is 236 g/mol. The summed E-state index contributed by atoms with van der Waals surface area (Å²) < 4.78 is 4.98. The van der Waals surface area contributed by atoms with Gasteiger partial charge in [0.2, 0.25) is 0 Å². The highest BCUT2D eigenvalue weighted by molar-refractivity contribution is 6.00. The second-order valence-electron chi connectivity index (χ2n) is 4.12.